The molecular formula is C40H38NSi+. The Bertz CT molecular complexity index is 1740. The second-order valence-electron chi connectivity index (χ2n) is 12.0. The number of rotatable bonds is 6. The van der Waals surface area contributed by atoms with Crippen molar-refractivity contribution in [3.8, 4) is 11.3 Å². The van der Waals surface area contributed by atoms with Crippen molar-refractivity contribution in [1.82, 2.24) is 0 Å². The third-order valence-corrected chi connectivity index (χ3v) is 14.3. The van der Waals surface area contributed by atoms with E-state index in [2.05, 4.69) is 158 Å². The molecule has 1 aliphatic carbocycles. The van der Waals surface area contributed by atoms with Crippen LogP contribution in [0.25, 0.3) is 22.0 Å². The van der Waals surface area contributed by atoms with Gasteiger partial charge in [0.05, 0.1) is 5.39 Å². The normalized spacial score (nSPS) is 14.0. The molecule has 0 unspecified atom stereocenters. The molecule has 1 saturated carbocycles. The smallest absolute Gasteiger partial charge is 0.200 e. The van der Waals surface area contributed by atoms with E-state index in [0.717, 1.165) is 0 Å². The summed E-state index contributed by atoms with van der Waals surface area (Å²) in [6, 6.07) is 50.4. The Balaban J connectivity index is 1.48. The van der Waals surface area contributed by atoms with Gasteiger partial charge in [0.1, 0.15) is 7.05 Å². The summed E-state index contributed by atoms with van der Waals surface area (Å²) < 4.78 is 2.32. The van der Waals surface area contributed by atoms with Crippen molar-refractivity contribution in [1.29, 1.82) is 0 Å². The third-order valence-electron chi connectivity index (χ3n) is 9.53. The molecular weight excluding hydrogens is 523 g/mol. The molecule has 0 aliphatic heterocycles. The minimum Gasteiger partial charge on any atom is -0.200 e. The van der Waals surface area contributed by atoms with E-state index in [9.17, 15) is 0 Å². The van der Waals surface area contributed by atoms with Gasteiger partial charge in [-0.1, -0.05) is 128 Å². The minimum atomic E-state index is -2.57. The van der Waals surface area contributed by atoms with Crippen molar-refractivity contribution in [3.05, 3.63) is 151 Å². The van der Waals surface area contributed by atoms with E-state index in [1.807, 2.05) is 0 Å². The molecule has 42 heavy (non-hydrogen) atoms. The van der Waals surface area contributed by atoms with Crippen molar-refractivity contribution in [2.75, 3.05) is 0 Å². The third kappa shape index (κ3) is 4.51. The molecule has 1 nitrogen and oxygen atoms in total. The van der Waals surface area contributed by atoms with Gasteiger partial charge in [-0.2, -0.15) is 0 Å². The van der Waals surface area contributed by atoms with Gasteiger partial charge in [-0.25, -0.2) is 4.57 Å². The van der Waals surface area contributed by atoms with Crippen molar-refractivity contribution in [3.63, 3.8) is 0 Å². The summed E-state index contributed by atoms with van der Waals surface area (Å²) in [6.45, 7) is 2.26. The molecule has 0 amide bonds. The predicted octanol–water partition coefficient (Wildman–Crippen LogP) is 6.67. The molecule has 0 radical (unpaired) electrons. The van der Waals surface area contributed by atoms with E-state index in [-0.39, 0.29) is 0 Å². The van der Waals surface area contributed by atoms with Crippen LogP contribution in [-0.2, 0) is 7.05 Å². The molecule has 2 heteroatoms. The first-order chi connectivity index (χ1) is 20.7. The second-order valence-corrected chi connectivity index (χ2v) is 15.8. The Morgan fingerprint density at radius 1 is 0.595 bits per heavy atom. The van der Waals surface area contributed by atoms with E-state index >= 15 is 0 Å². The van der Waals surface area contributed by atoms with E-state index in [1.54, 1.807) is 0 Å². The maximum Gasteiger partial charge on any atom is 0.220 e. The number of nitrogens with zero attached hydrogens (tertiary/aromatic N) is 1. The van der Waals surface area contributed by atoms with Gasteiger partial charge < -0.3 is 0 Å². The van der Waals surface area contributed by atoms with Gasteiger partial charge in [0.25, 0.3) is 0 Å². The van der Waals surface area contributed by atoms with Gasteiger partial charge in [0.2, 0.25) is 5.69 Å². The number of hydrogen-bond donors (Lipinski definition) is 0. The predicted molar refractivity (Wildman–Crippen MR) is 180 cm³/mol. The molecule has 0 saturated heterocycles. The highest BCUT2D eigenvalue weighted by Crippen LogP contribution is 2.37. The van der Waals surface area contributed by atoms with Crippen molar-refractivity contribution in [2.24, 2.45) is 7.05 Å². The van der Waals surface area contributed by atoms with Crippen LogP contribution in [0.3, 0.4) is 0 Å². The van der Waals surface area contributed by atoms with Crippen LogP contribution in [0.15, 0.2) is 140 Å². The molecule has 7 rings (SSSR count). The standard InChI is InChI=1S/C40H38NSi/c1-30-22-23-32(31-14-12-13-15-31)29-39(30)40-38-25-24-37(28-33(38)26-27-41(40)2)42(34-16-6-3-7-17-34,35-18-8-4-9-19-35)36-20-10-5-11-21-36/h3-11,16-29,31H,12-15H2,1-2H3/q+1. The van der Waals surface area contributed by atoms with Crippen molar-refractivity contribution in [2.45, 2.75) is 38.5 Å². The summed E-state index contributed by atoms with van der Waals surface area (Å²) in [6.07, 6.45) is 7.60. The van der Waals surface area contributed by atoms with Gasteiger partial charge in [-0.3, -0.25) is 0 Å². The lowest BCUT2D eigenvalue weighted by molar-refractivity contribution is -0.659. The summed E-state index contributed by atoms with van der Waals surface area (Å²) in [5.41, 5.74) is 5.51. The topological polar surface area (TPSA) is 3.88 Å². The fraction of sp³-hybridized carbons (Fsp3) is 0.175. The Labute approximate surface area is 251 Å². The van der Waals surface area contributed by atoms with Crippen LogP contribution in [-0.4, -0.2) is 8.07 Å². The number of benzene rings is 5. The highest BCUT2D eigenvalue weighted by atomic mass is 28.3. The molecule has 0 N–H and O–H groups in total. The highest BCUT2D eigenvalue weighted by molar-refractivity contribution is 7.20. The van der Waals surface area contributed by atoms with Gasteiger partial charge in [0.15, 0.2) is 14.3 Å². The van der Waals surface area contributed by atoms with Gasteiger partial charge in [-0.15, -0.1) is 0 Å². The number of aryl methyl sites for hydroxylation is 2. The van der Waals surface area contributed by atoms with Crippen LogP contribution >= 0.6 is 0 Å². The molecule has 1 heterocycles. The van der Waals surface area contributed by atoms with Crippen LogP contribution in [0.2, 0.25) is 0 Å². The Morgan fingerprint density at radius 3 is 1.74 bits per heavy atom. The van der Waals surface area contributed by atoms with E-state index in [0.29, 0.717) is 5.92 Å². The summed E-state index contributed by atoms with van der Waals surface area (Å²) in [7, 11) is -0.376. The van der Waals surface area contributed by atoms with Crippen LogP contribution in [0.5, 0.6) is 0 Å². The quantitative estimate of drug-likeness (QED) is 0.122. The lowest BCUT2D eigenvalue weighted by Crippen LogP contribution is -2.74. The largest absolute Gasteiger partial charge is 0.220 e. The van der Waals surface area contributed by atoms with Gasteiger partial charge >= 0.3 is 0 Å². The summed E-state index contributed by atoms with van der Waals surface area (Å²) in [5, 5.41) is 8.24. The first-order valence-electron chi connectivity index (χ1n) is 15.4. The molecule has 0 atom stereocenters. The molecule has 5 aromatic carbocycles. The fourth-order valence-corrected chi connectivity index (χ4v) is 12.2. The lowest BCUT2D eigenvalue weighted by atomic mass is 9.91. The van der Waals surface area contributed by atoms with Crippen LogP contribution < -0.4 is 25.3 Å². The van der Waals surface area contributed by atoms with E-state index in [4.69, 9.17) is 0 Å². The summed E-state index contributed by atoms with van der Waals surface area (Å²) >= 11 is 0. The molecule has 1 aliphatic rings. The van der Waals surface area contributed by atoms with E-state index < -0.39 is 8.07 Å². The first-order valence-corrected chi connectivity index (χ1v) is 17.4. The van der Waals surface area contributed by atoms with Crippen molar-refractivity contribution >= 4 is 39.6 Å². The zero-order valence-electron chi connectivity index (χ0n) is 24.6. The average molecular weight is 561 g/mol. The van der Waals surface area contributed by atoms with Gasteiger partial charge in [0, 0.05) is 11.6 Å². The van der Waals surface area contributed by atoms with Crippen molar-refractivity contribution < 1.29 is 4.57 Å². The number of fused-ring (bicyclic) bond motifs is 1. The Kier molecular flexibility index (Phi) is 7.09. The molecule has 1 fully saturated rings. The maximum atomic E-state index is 2.49. The van der Waals surface area contributed by atoms with Crippen LogP contribution in [0, 0.1) is 6.92 Å². The maximum absolute atomic E-state index is 2.57. The lowest BCUT2D eigenvalue weighted by Gasteiger charge is -2.34. The second kappa shape index (κ2) is 11.2. The molecule has 0 spiro atoms. The monoisotopic (exact) mass is 560 g/mol. The molecule has 206 valence electrons. The molecule has 6 aromatic rings. The number of pyridine rings is 1. The van der Waals surface area contributed by atoms with Crippen LogP contribution in [0.1, 0.15) is 42.7 Å². The van der Waals surface area contributed by atoms with Gasteiger partial charge in [-0.05, 0) is 75.1 Å². The van der Waals surface area contributed by atoms with E-state index in [1.165, 1.54) is 79.6 Å². The average Bonchev–Trinajstić information content (AvgIpc) is 3.59. The highest BCUT2D eigenvalue weighted by Gasteiger charge is 2.41. The Hall–Kier alpha value is -4.27. The summed E-state index contributed by atoms with van der Waals surface area (Å²) in [4.78, 5) is 0. The van der Waals surface area contributed by atoms with Crippen LogP contribution in [0.4, 0.5) is 0 Å². The Morgan fingerprint density at radius 2 is 1.17 bits per heavy atom. The number of aromatic nitrogens is 1. The molecule has 1 aromatic heterocycles. The minimum absolute atomic E-state index is 0.700. The number of hydrogen-bond acceptors (Lipinski definition) is 0. The molecule has 0 bridgehead atoms. The zero-order chi connectivity index (χ0) is 28.5. The first kappa shape index (κ1) is 26.6. The fourth-order valence-electron chi connectivity index (χ4n) is 7.41. The SMILES string of the molecule is Cc1ccc(C2CCCC2)cc1-c1c2ccc([Si](c3ccccc3)(c3ccccc3)c3ccccc3)cc2cc[n+]1C. The zero-order valence-corrected chi connectivity index (χ0v) is 25.6. The summed E-state index contributed by atoms with van der Waals surface area (Å²) in [5.74, 6) is 0.700.